The van der Waals surface area contributed by atoms with Gasteiger partial charge in [-0.3, -0.25) is 0 Å². The molecule has 2 heterocycles. The van der Waals surface area contributed by atoms with Crippen molar-refractivity contribution in [2.45, 2.75) is 5.92 Å². The number of nitrogens with zero attached hydrogens (tertiary/aromatic N) is 3. The highest BCUT2D eigenvalue weighted by Crippen LogP contribution is 2.49. The average Bonchev–Trinajstić information content (AvgIpc) is 3.11. The number of thioether (sulfide) groups is 1. The molecule has 4 rings (SSSR count). The predicted molar refractivity (Wildman–Crippen MR) is 119 cm³/mol. The number of nitrogens with two attached hydrogens (primary N) is 2. The third-order valence-corrected chi connectivity index (χ3v) is 6.67. The van der Waals surface area contributed by atoms with Crippen LogP contribution in [0.3, 0.4) is 0 Å². The van der Waals surface area contributed by atoms with Gasteiger partial charge in [-0.1, -0.05) is 36.0 Å². The molecule has 140 valence electrons. The predicted octanol–water partition coefficient (Wildman–Crippen LogP) is 4.21. The standard InChI is InChI=1S/C21H19N5S2/c1-26(2)13-9-7-12(8-10-13)17-14(11-22)19(23)28-20(24)18(17)21-25-15-5-3-4-6-16(15)27-21/h3-10,17H,23-24H2,1-2H3. The largest absolute Gasteiger partial charge is 0.393 e. The van der Waals surface area contributed by atoms with E-state index in [1.807, 2.05) is 67.5 Å². The second-order valence-corrected chi connectivity index (χ2v) is 8.79. The summed E-state index contributed by atoms with van der Waals surface area (Å²) >= 11 is 2.83. The number of anilines is 1. The van der Waals surface area contributed by atoms with Gasteiger partial charge in [-0.05, 0) is 29.8 Å². The lowest BCUT2D eigenvalue weighted by Gasteiger charge is -2.26. The van der Waals surface area contributed by atoms with Crippen molar-refractivity contribution in [3.05, 3.63) is 74.7 Å². The van der Waals surface area contributed by atoms with Crippen LogP contribution in [0.2, 0.25) is 0 Å². The SMILES string of the molecule is CN(C)c1ccc(C2C(C#N)=C(N)SC(N)=C2c2nc3ccccc3s2)cc1. The molecule has 1 aromatic heterocycles. The minimum Gasteiger partial charge on any atom is -0.393 e. The lowest BCUT2D eigenvalue weighted by molar-refractivity contribution is 1.02. The number of allylic oxidation sites excluding steroid dienone is 2. The van der Waals surface area contributed by atoms with E-state index in [1.165, 1.54) is 11.8 Å². The monoisotopic (exact) mass is 405 g/mol. The maximum Gasteiger partial charge on any atom is 0.124 e. The summed E-state index contributed by atoms with van der Waals surface area (Å²) in [5, 5.41) is 11.7. The van der Waals surface area contributed by atoms with Crippen molar-refractivity contribution in [3.8, 4) is 6.07 Å². The molecule has 3 aromatic rings. The lowest BCUT2D eigenvalue weighted by atomic mass is 9.85. The Labute approximate surface area is 172 Å². The number of fused-ring (bicyclic) bond motifs is 1. The average molecular weight is 406 g/mol. The van der Waals surface area contributed by atoms with Crippen molar-refractivity contribution in [3.63, 3.8) is 0 Å². The first-order chi connectivity index (χ1) is 13.5. The third-order valence-electron chi connectivity index (χ3n) is 4.72. The molecular formula is C21H19N5S2. The molecule has 1 unspecified atom stereocenters. The zero-order chi connectivity index (χ0) is 19.8. The number of hydrogen-bond acceptors (Lipinski definition) is 7. The lowest BCUT2D eigenvalue weighted by Crippen LogP contribution is -2.18. The number of hydrogen-bond donors (Lipinski definition) is 2. The van der Waals surface area contributed by atoms with Gasteiger partial charge < -0.3 is 16.4 Å². The Kier molecular flexibility index (Phi) is 4.75. The highest BCUT2D eigenvalue weighted by molar-refractivity contribution is 8.06. The van der Waals surface area contributed by atoms with Gasteiger partial charge in [0, 0.05) is 25.4 Å². The summed E-state index contributed by atoms with van der Waals surface area (Å²) in [7, 11) is 3.99. The zero-order valence-electron chi connectivity index (χ0n) is 15.5. The number of benzene rings is 2. The zero-order valence-corrected chi connectivity index (χ0v) is 17.1. The Morgan fingerprint density at radius 2 is 1.75 bits per heavy atom. The van der Waals surface area contributed by atoms with Gasteiger partial charge in [0.2, 0.25) is 0 Å². The fourth-order valence-electron chi connectivity index (χ4n) is 3.29. The van der Waals surface area contributed by atoms with Crippen molar-refractivity contribution >= 4 is 44.6 Å². The molecule has 4 N–H and O–H groups in total. The second kappa shape index (κ2) is 7.23. The van der Waals surface area contributed by atoms with Crippen LogP contribution in [0.15, 0.2) is 64.2 Å². The molecule has 1 aliphatic rings. The van der Waals surface area contributed by atoms with Crippen molar-refractivity contribution in [2.75, 3.05) is 19.0 Å². The molecule has 0 aliphatic carbocycles. The second-order valence-electron chi connectivity index (χ2n) is 6.68. The normalized spacial score (nSPS) is 17.1. The number of para-hydroxylation sites is 1. The quantitative estimate of drug-likeness (QED) is 0.678. The summed E-state index contributed by atoms with van der Waals surface area (Å²) in [6.45, 7) is 0. The molecule has 28 heavy (non-hydrogen) atoms. The van der Waals surface area contributed by atoms with E-state index in [0.29, 0.717) is 15.6 Å². The van der Waals surface area contributed by atoms with Gasteiger partial charge in [-0.25, -0.2) is 4.98 Å². The maximum atomic E-state index is 9.84. The highest BCUT2D eigenvalue weighted by atomic mass is 32.2. The number of aromatic nitrogens is 1. The summed E-state index contributed by atoms with van der Waals surface area (Å²) in [4.78, 5) is 6.82. The fourth-order valence-corrected chi connectivity index (χ4v) is 5.25. The molecule has 0 amide bonds. The molecule has 1 atom stereocenters. The topological polar surface area (TPSA) is 92.0 Å². The molecule has 5 nitrogen and oxygen atoms in total. The van der Waals surface area contributed by atoms with Gasteiger partial charge in [0.1, 0.15) is 5.01 Å². The highest BCUT2D eigenvalue weighted by Gasteiger charge is 2.33. The van der Waals surface area contributed by atoms with Gasteiger partial charge in [0.25, 0.3) is 0 Å². The van der Waals surface area contributed by atoms with E-state index in [9.17, 15) is 5.26 Å². The molecule has 1 aliphatic heterocycles. The number of thiazole rings is 1. The Bertz CT molecular complexity index is 1120. The van der Waals surface area contributed by atoms with Gasteiger partial charge in [0.15, 0.2) is 0 Å². The smallest absolute Gasteiger partial charge is 0.124 e. The minimum absolute atomic E-state index is 0.331. The van der Waals surface area contributed by atoms with E-state index < -0.39 is 0 Å². The van der Waals surface area contributed by atoms with Crippen molar-refractivity contribution in [1.82, 2.24) is 4.98 Å². The molecule has 0 fully saturated rings. The summed E-state index contributed by atoms with van der Waals surface area (Å²) in [5.74, 6) is -0.331. The first-order valence-electron chi connectivity index (χ1n) is 8.70. The summed E-state index contributed by atoms with van der Waals surface area (Å²) in [5.41, 5.74) is 17.0. The van der Waals surface area contributed by atoms with Crippen LogP contribution in [0.25, 0.3) is 15.8 Å². The number of rotatable bonds is 3. The van der Waals surface area contributed by atoms with E-state index >= 15 is 0 Å². The first kappa shape index (κ1) is 18.4. The molecule has 0 saturated carbocycles. The van der Waals surface area contributed by atoms with Crippen molar-refractivity contribution in [1.29, 1.82) is 5.26 Å². The van der Waals surface area contributed by atoms with Crippen LogP contribution in [-0.4, -0.2) is 19.1 Å². The van der Waals surface area contributed by atoms with Crippen LogP contribution in [-0.2, 0) is 0 Å². The van der Waals surface area contributed by atoms with Crippen molar-refractivity contribution < 1.29 is 0 Å². The summed E-state index contributed by atoms with van der Waals surface area (Å²) < 4.78 is 1.09. The summed E-state index contributed by atoms with van der Waals surface area (Å²) in [6, 6.07) is 18.4. The van der Waals surface area contributed by atoms with Crippen molar-refractivity contribution in [2.24, 2.45) is 11.5 Å². The van der Waals surface area contributed by atoms with Gasteiger partial charge in [-0.2, -0.15) is 5.26 Å². The van der Waals surface area contributed by atoms with E-state index in [1.54, 1.807) is 11.3 Å². The van der Waals surface area contributed by atoms with Crippen LogP contribution in [0.1, 0.15) is 16.5 Å². The van der Waals surface area contributed by atoms with E-state index in [4.69, 9.17) is 16.5 Å². The molecule has 7 heteroatoms. The first-order valence-corrected chi connectivity index (χ1v) is 10.3. The van der Waals surface area contributed by atoms with E-state index in [2.05, 4.69) is 6.07 Å². The molecular weight excluding hydrogens is 386 g/mol. The van der Waals surface area contributed by atoms with Crippen LogP contribution in [0, 0.1) is 11.3 Å². The minimum atomic E-state index is -0.331. The van der Waals surface area contributed by atoms with Crippen LogP contribution < -0.4 is 16.4 Å². The van der Waals surface area contributed by atoms with Gasteiger partial charge in [0.05, 0.1) is 37.8 Å². The fraction of sp³-hybridized carbons (Fsp3) is 0.143. The van der Waals surface area contributed by atoms with Gasteiger partial charge in [-0.15, -0.1) is 11.3 Å². The van der Waals surface area contributed by atoms with Crippen LogP contribution >= 0.6 is 23.1 Å². The molecule has 2 aromatic carbocycles. The maximum absolute atomic E-state index is 9.84. The van der Waals surface area contributed by atoms with Crippen LogP contribution in [0.5, 0.6) is 0 Å². The van der Waals surface area contributed by atoms with E-state index in [-0.39, 0.29) is 5.92 Å². The molecule has 0 saturated heterocycles. The third kappa shape index (κ3) is 3.11. The molecule has 0 radical (unpaired) electrons. The molecule has 0 bridgehead atoms. The van der Waals surface area contributed by atoms with Gasteiger partial charge >= 0.3 is 0 Å². The Balaban J connectivity index is 1.89. The van der Waals surface area contributed by atoms with E-state index in [0.717, 1.165) is 32.0 Å². The Hall–Kier alpha value is -2.95. The Morgan fingerprint density at radius 1 is 1.04 bits per heavy atom. The van der Waals surface area contributed by atoms with Crippen LogP contribution in [0.4, 0.5) is 5.69 Å². The number of nitriles is 1. The summed E-state index contributed by atoms with van der Waals surface area (Å²) in [6.07, 6.45) is 0. The Morgan fingerprint density at radius 3 is 2.39 bits per heavy atom. The molecule has 0 spiro atoms.